The van der Waals surface area contributed by atoms with Gasteiger partial charge in [0.15, 0.2) is 28.6 Å². The Balaban J connectivity index is 1.42. The molecular formula is C26H30N6O4. The first kappa shape index (κ1) is 23.7. The average Bonchev–Trinajstić information content (AvgIpc) is 3.40. The smallest absolute Gasteiger partial charge is 0.225 e. The Bertz CT molecular complexity index is 1370. The van der Waals surface area contributed by atoms with Crippen molar-refractivity contribution in [2.24, 2.45) is 0 Å². The SMILES string of the molecule is COc1ccc(CCNc2nc(C3NCCc4cc(OC)c(OC)cc43)c3[nH]cnc3n2)cc1OC. The van der Waals surface area contributed by atoms with Crippen LogP contribution in [0.4, 0.5) is 5.95 Å². The van der Waals surface area contributed by atoms with Gasteiger partial charge in [0.05, 0.1) is 46.5 Å². The molecular weight excluding hydrogens is 460 g/mol. The standard InChI is InChI=1S/C26H30N6O4/c1-33-18-6-5-15(11-19(18)34-2)7-9-28-26-31-23(24-25(32-26)30-14-29-24)22-17-13-21(36-4)20(35-3)12-16(17)8-10-27-22/h5-6,11-14,22,27H,7-10H2,1-4H3,(H2,28,29,30,31,32). The molecule has 36 heavy (non-hydrogen) atoms. The zero-order valence-corrected chi connectivity index (χ0v) is 20.8. The van der Waals surface area contributed by atoms with Crippen molar-refractivity contribution in [1.82, 2.24) is 25.3 Å². The molecule has 3 heterocycles. The summed E-state index contributed by atoms with van der Waals surface area (Å²) in [6.45, 7) is 1.46. The molecule has 1 unspecified atom stereocenters. The van der Waals surface area contributed by atoms with Crippen LogP contribution in [0.5, 0.6) is 23.0 Å². The number of nitrogens with zero attached hydrogens (tertiary/aromatic N) is 3. The van der Waals surface area contributed by atoms with E-state index in [2.05, 4.69) is 31.7 Å². The Morgan fingerprint density at radius 3 is 2.44 bits per heavy atom. The summed E-state index contributed by atoms with van der Waals surface area (Å²) in [5.74, 6) is 3.36. The lowest BCUT2D eigenvalue weighted by Crippen LogP contribution is -2.31. The summed E-state index contributed by atoms with van der Waals surface area (Å²) in [6.07, 6.45) is 3.30. The van der Waals surface area contributed by atoms with Gasteiger partial charge in [-0.25, -0.2) is 9.97 Å². The molecule has 0 spiro atoms. The molecule has 0 amide bonds. The number of benzene rings is 2. The largest absolute Gasteiger partial charge is 0.493 e. The number of imidazole rings is 1. The highest BCUT2D eigenvalue weighted by molar-refractivity contribution is 5.75. The van der Waals surface area contributed by atoms with Gasteiger partial charge in [0, 0.05) is 13.1 Å². The highest BCUT2D eigenvalue weighted by atomic mass is 16.5. The lowest BCUT2D eigenvalue weighted by atomic mass is 9.91. The van der Waals surface area contributed by atoms with Crippen LogP contribution >= 0.6 is 0 Å². The number of hydrogen-bond acceptors (Lipinski definition) is 9. The van der Waals surface area contributed by atoms with Crippen molar-refractivity contribution in [2.45, 2.75) is 18.9 Å². The molecule has 1 atom stereocenters. The first-order chi connectivity index (χ1) is 17.6. The average molecular weight is 491 g/mol. The van der Waals surface area contributed by atoms with E-state index in [-0.39, 0.29) is 6.04 Å². The van der Waals surface area contributed by atoms with Crippen molar-refractivity contribution < 1.29 is 18.9 Å². The number of nitrogens with one attached hydrogen (secondary N) is 3. The number of ether oxygens (including phenoxy) is 4. The van der Waals surface area contributed by atoms with Gasteiger partial charge in [-0.3, -0.25) is 0 Å². The second kappa shape index (κ2) is 10.3. The van der Waals surface area contributed by atoms with E-state index in [1.54, 1.807) is 34.8 Å². The summed E-state index contributed by atoms with van der Waals surface area (Å²) in [4.78, 5) is 17.2. The van der Waals surface area contributed by atoms with Crippen LogP contribution in [0, 0.1) is 0 Å². The Hall–Kier alpha value is -4.05. The van der Waals surface area contributed by atoms with Crippen LogP contribution in [0.1, 0.15) is 28.4 Å². The van der Waals surface area contributed by atoms with Gasteiger partial charge in [-0.1, -0.05) is 6.07 Å². The third-order valence-electron chi connectivity index (χ3n) is 6.43. The van der Waals surface area contributed by atoms with Gasteiger partial charge in [0.25, 0.3) is 0 Å². The van der Waals surface area contributed by atoms with Crippen molar-refractivity contribution in [3.8, 4) is 23.0 Å². The number of fused-ring (bicyclic) bond motifs is 2. The predicted octanol–water partition coefficient (Wildman–Crippen LogP) is 3.28. The van der Waals surface area contributed by atoms with Gasteiger partial charge < -0.3 is 34.6 Å². The van der Waals surface area contributed by atoms with E-state index >= 15 is 0 Å². The minimum atomic E-state index is -0.147. The fraction of sp³-hybridized carbons (Fsp3) is 0.346. The molecule has 5 rings (SSSR count). The molecule has 2 aromatic carbocycles. The third kappa shape index (κ3) is 4.47. The Kier molecular flexibility index (Phi) is 6.77. The second-order valence-electron chi connectivity index (χ2n) is 8.44. The highest BCUT2D eigenvalue weighted by Gasteiger charge is 2.28. The zero-order chi connectivity index (χ0) is 25.1. The topological polar surface area (TPSA) is 115 Å². The molecule has 1 aliphatic heterocycles. The van der Waals surface area contributed by atoms with Gasteiger partial charge in [-0.05, 0) is 53.8 Å². The summed E-state index contributed by atoms with van der Waals surface area (Å²) in [5, 5.41) is 6.97. The van der Waals surface area contributed by atoms with Gasteiger partial charge in [-0.2, -0.15) is 4.98 Å². The molecule has 10 heteroatoms. The summed E-state index contributed by atoms with van der Waals surface area (Å²) >= 11 is 0. The number of hydrogen-bond donors (Lipinski definition) is 3. The van der Waals surface area contributed by atoms with E-state index < -0.39 is 0 Å². The zero-order valence-electron chi connectivity index (χ0n) is 20.8. The van der Waals surface area contributed by atoms with Crippen LogP contribution in [-0.2, 0) is 12.8 Å². The molecule has 10 nitrogen and oxygen atoms in total. The lowest BCUT2D eigenvalue weighted by Gasteiger charge is -2.28. The van der Waals surface area contributed by atoms with E-state index in [4.69, 9.17) is 23.9 Å². The molecule has 4 aromatic rings. The summed E-state index contributed by atoms with van der Waals surface area (Å²) < 4.78 is 21.8. The van der Waals surface area contributed by atoms with E-state index in [1.165, 1.54) is 5.56 Å². The summed E-state index contributed by atoms with van der Waals surface area (Å²) in [5.41, 5.74) is 5.67. The maximum Gasteiger partial charge on any atom is 0.225 e. The minimum Gasteiger partial charge on any atom is -0.493 e. The number of aromatic nitrogens is 4. The maximum absolute atomic E-state index is 5.57. The lowest BCUT2D eigenvalue weighted by molar-refractivity contribution is 0.353. The first-order valence-corrected chi connectivity index (χ1v) is 11.8. The van der Waals surface area contributed by atoms with Crippen LogP contribution in [0.15, 0.2) is 36.7 Å². The quantitative estimate of drug-likeness (QED) is 0.325. The van der Waals surface area contributed by atoms with Gasteiger partial charge in [0.2, 0.25) is 5.95 Å². The maximum atomic E-state index is 5.57. The van der Waals surface area contributed by atoms with Crippen LogP contribution in [0.3, 0.4) is 0 Å². The van der Waals surface area contributed by atoms with E-state index in [1.807, 2.05) is 24.3 Å². The van der Waals surface area contributed by atoms with E-state index in [9.17, 15) is 0 Å². The van der Waals surface area contributed by atoms with Gasteiger partial charge in [-0.15, -0.1) is 0 Å². The molecule has 0 bridgehead atoms. The molecule has 2 aromatic heterocycles. The van der Waals surface area contributed by atoms with Crippen LogP contribution in [0.2, 0.25) is 0 Å². The van der Waals surface area contributed by atoms with Gasteiger partial charge >= 0.3 is 0 Å². The summed E-state index contributed by atoms with van der Waals surface area (Å²) in [6, 6.07) is 9.85. The molecule has 1 aliphatic rings. The minimum absolute atomic E-state index is 0.147. The van der Waals surface area contributed by atoms with E-state index in [0.717, 1.165) is 47.5 Å². The normalized spacial score (nSPS) is 14.8. The monoisotopic (exact) mass is 490 g/mol. The Morgan fingerprint density at radius 2 is 1.67 bits per heavy atom. The van der Waals surface area contributed by atoms with Crippen LogP contribution in [0.25, 0.3) is 11.2 Å². The number of aromatic amines is 1. The number of H-pyrrole nitrogens is 1. The Labute approximate surface area is 209 Å². The molecule has 0 radical (unpaired) electrons. The second-order valence-corrected chi connectivity index (χ2v) is 8.44. The fourth-order valence-electron chi connectivity index (χ4n) is 4.63. The number of anilines is 1. The molecule has 3 N–H and O–H groups in total. The molecule has 188 valence electrons. The molecule has 0 saturated carbocycles. The summed E-state index contributed by atoms with van der Waals surface area (Å²) in [7, 11) is 6.57. The van der Waals surface area contributed by atoms with Crippen LogP contribution < -0.4 is 29.6 Å². The van der Waals surface area contributed by atoms with Gasteiger partial charge in [0.1, 0.15) is 5.52 Å². The number of methoxy groups -OCH3 is 4. The first-order valence-electron chi connectivity index (χ1n) is 11.8. The molecule has 0 aliphatic carbocycles. The van der Waals surface area contributed by atoms with E-state index in [0.29, 0.717) is 35.4 Å². The Morgan fingerprint density at radius 1 is 0.917 bits per heavy atom. The van der Waals surface area contributed by atoms with Crippen molar-refractivity contribution in [1.29, 1.82) is 0 Å². The number of rotatable bonds is 9. The predicted molar refractivity (Wildman–Crippen MR) is 137 cm³/mol. The third-order valence-corrected chi connectivity index (χ3v) is 6.43. The molecule has 0 fully saturated rings. The fourth-order valence-corrected chi connectivity index (χ4v) is 4.63. The van der Waals surface area contributed by atoms with Crippen molar-refractivity contribution >= 4 is 17.1 Å². The van der Waals surface area contributed by atoms with Crippen molar-refractivity contribution in [2.75, 3.05) is 46.8 Å². The van der Waals surface area contributed by atoms with Crippen LogP contribution in [-0.4, -0.2) is 61.5 Å². The van der Waals surface area contributed by atoms with Crippen molar-refractivity contribution in [3.63, 3.8) is 0 Å². The molecule has 0 saturated heterocycles. The highest BCUT2D eigenvalue weighted by Crippen LogP contribution is 2.38. The van der Waals surface area contributed by atoms with Crippen molar-refractivity contribution in [3.05, 3.63) is 59.0 Å².